The van der Waals surface area contributed by atoms with Gasteiger partial charge in [0.05, 0.1) is 12.2 Å². The SMILES string of the molecule is O=C(CN1C(=O)COc2ccccc21)N(Cc1cccs1)c1ccc2c(c1)OCCO2. The Morgan fingerprint density at radius 2 is 1.81 bits per heavy atom. The highest BCUT2D eigenvalue weighted by Crippen LogP contribution is 2.35. The zero-order valence-electron chi connectivity index (χ0n) is 16.7. The van der Waals surface area contributed by atoms with E-state index in [9.17, 15) is 9.59 Å². The maximum atomic E-state index is 13.5. The van der Waals surface area contributed by atoms with Crippen LogP contribution in [-0.4, -0.2) is 38.2 Å². The molecule has 0 fully saturated rings. The van der Waals surface area contributed by atoms with E-state index in [-0.39, 0.29) is 25.0 Å². The van der Waals surface area contributed by atoms with Crippen LogP contribution in [0.3, 0.4) is 0 Å². The molecule has 0 radical (unpaired) electrons. The Morgan fingerprint density at radius 3 is 2.65 bits per heavy atom. The van der Waals surface area contributed by atoms with E-state index in [0.29, 0.717) is 48.4 Å². The van der Waals surface area contributed by atoms with Crippen molar-refractivity contribution in [3.05, 3.63) is 64.9 Å². The van der Waals surface area contributed by atoms with Gasteiger partial charge in [-0.2, -0.15) is 0 Å². The second-order valence-corrected chi connectivity index (χ2v) is 8.16. The number of amides is 2. The van der Waals surface area contributed by atoms with Gasteiger partial charge in [-0.05, 0) is 35.7 Å². The summed E-state index contributed by atoms with van der Waals surface area (Å²) in [5, 5.41) is 1.98. The van der Waals surface area contributed by atoms with E-state index in [4.69, 9.17) is 14.2 Å². The van der Waals surface area contributed by atoms with Crippen molar-refractivity contribution < 1.29 is 23.8 Å². The fraction of sp³-hybridized carbons (Fsp3) is 0.217. The number of nitrogens with zero attached hydrogens (tertiary/aromatic N) is 2. The molecule has 1 aromatic heterocycles. The van der Waals surface area contributed by atoms with Gasteiger partial charge in [-0.25, -0.2) is 0 Å². The lowest BCUT2D eigenvalue weighted by Gasteiger charge is -2.31. The Labute approximate surface area is 183 Å². The molecule has 0 unspecified atom stereocenters. The molecule has 158 valence electrons. The molecule has 7 nitrogen and oxygen atoms in total. The van der Waals surface area contributed by atoms with Crippen molar-refractivity contribution in [2.45, 2.75) is 6.54 Å². The highest BCUT2D eigenvalue weighted by molar-refractivity contribution is 7.09. The number of fused-ring (bicyclic) bond motifs is 2. The molecule has 2 aliphatic rings. The number of anilines is 2. The van der Waals surface area contributed by atoms with Gasteiger partial charge in [-0.3, -0.25) is 14.5 Å². The molecule has 8 heteroatoms. The summed E-state index contributed by atoms with van der Waals surface area (Å²) in [6.07, 6.45) is 0. The van der Waals surface area contributed by atoms with Crippen molar-refractivity contribution in [3.8, 4) is 17.2 Å². The Hall–Kier alpha value is -3.52. The van der Waals surface area contributed by atoms with Crippen LogP contribution < -0.4 is 24.0 Å². The van der Waals surface area contributed by atoms with Gasteiger partial charge in [-0.15, -0.1) is 11.3 Å². The third-order valence-corrected chi connectivity index (χ3v) is 6.00. The average Bonchev–Trinajstić information content (AvgIpc) is 3.32. The summed E-state index contributed by atoms with van der Waals surface area (Å²) in [4.78, 5) is 30.2. The molecule has 0 N–H and O–H groups in total. The third kappa shape index (κ3) is 3.94. The molecule has 5 rings (SSSR count). The van der Waals surface area contributed by atoms with Gasteiger partial charge in [0.2, 0.25) is 5.91 Å². The summed E-state index contributed by atoms with van der Waals surface area (Å²) in [6, 6.07) is 16.6. The number of hydrogen-bond donors (Lipinski definition) is 0. The Bertz CT molecular complexity index is 1110. The molecule has 0 atom stereocenters. The van der Waals surface area contributed by atoms with E-state index in [1.807, 2.05) is 47.8 Å². The smallest absolute Gasteiger partial charge is 0.265 e. The van der Waals surface area contributed by atoms with E-state index in [2.05, 4.69) is 0 Å². The number of rotatable bonds is 5. The summed E-state index contributed by atoms with van der Waals surface area (Å²) in [6.45, 7) is 1.20. The quantitative estimate of drug-likeness (QED) is 0.613. The van der Waals surface area contributed by atoms with E-state index in [0.717, 1.165) is 4.88 Å². The monoisotopic (exact) mass is 436 g/mol. The molecule has 0 saturated heterocycles. The second kappa shape index (κ2) is 8.31. The van der Waals surface area contributed by atoms with Gasteiger partial charge in [0.15, 0.2) is 18.1 Å². The standard InChI is InChI=1S/C23H20N2O5S/c26-22(14-25-18-5-1-2-6-19(18)30-15-23(25)27)24(13-17-4-3-11-31-17)16-7-8-20-21(12-16)29-10-9-28-20/h1-8,11-12H,9-10,13-15H2. The molecular formula is C23H20N2O5S. The van der Waals surface area contributed by atoms with E-state index >= 15 is 0 Å². The molecule has 0 saturated carbocycles. The summed E-state index contributed by atoms with van der Waals surface area (Å²) < 4.78 is 16.8. The largest absolute Gasteiger partial charge is 0.486 e. The van der Waals surface area contributed by atoms with Crippen molar-refractivity contribution in [3.63, 3.8) is 0 Å². The molecule has 0 bridgehead atoms. The van der Waals surface area contributed by atoms with Crippen molar-refractivity contribution in [2.24, 2.45) is 0 Å². The van der Waals surface area contributed by atoms with Gasteiger partial charge >= 0.3 is 0 Å². The van der Waals surface area contributed by atoms with Gasteiger partial charge in [0, 0.05) is 16.6 Å². The van der Waals surface area contributed by atoms with E-state index in [1.165, 1.54) is 4.90 Å². The highest BCUT2D eigenvalue weighted by atomic mass is 32.1. The molecule has 0 spiro atoms. The predicted molar refractivity (Wildman–Crippen MR) is 117 cm³/mol. The highest BCUT2D eigenvalue weighted by Gasteiger charge is 2.29. The van der Waals surface area contributed by atoms with Crippen LogP contribution in [0.25, 0.3) is 0 Å². The first-order valence-corrected chi connectivity index (χ1v) is 10.8. The van der Waals surface area contributed by atoms with Crippen LogP contribution in [0.5, 0.6) is 17.2 Å². The van der Waals surface area contributed by atoms with Gasteiger partial charge in [0.25, 0.3) is 5.91 Å². The minimum Gasteiger partial charge on any atom is -0.486 e. The molecule has 0 aliphatic carbocycles. The van der Waals surface area contributed by atoms with Gasteiger partial charge in [-0.1, -0.05) is 18.2 Å². The van der Waals surface area contributed by atoms with Crippen LogP contribution in [0.4, 0.5) is 11.4 Å². The lowest BCUT2D eigenvalue weighted by Crippen LogP contribution is -2.46. The van der Waals surface area contributed by atoms with Crippen LogP contribution >= 0.6 is 11.3 Å². The number of carbonyl (C=O) groups is 2. The summed E-state index contributed by atoms with van der Waals surface area (Å²) in [5.74, 6) is 1.43. The number of ether oxygens (including phenoxy) is 3. The molecule has 3 aromatic rings. The van der Waals surface area contributed by atoms with Crippen LogP contribution in [0, 0.1) is 0 Å². The Kier molecular flexibility index (Phi) is 5.21. The summed E-state index contributed by atoms with van der Waals surface area (Å²) in [5.41, 5.74) is 1.29. The first-order chi connectivity index (χ1) is 15.2. The van der Waals surface area contributed by atoms with Gasteiger partial charge in [0.1, 0.15) is 25.5 Å². The Morgan fingerprint density at radius 1 is 0.968 bits per heavy atom. The molecule has 3 heterocycles. The van der Waals surface area contributed by atoms with Crippen molar-refractivity contribution in [2.75, 3.05) is 36.2 Å². The number of hydrogen-bond acceptors (Lipinski definition) is 6. The molecule has 31 heavy (non-hydrogen) atoms. The molecule has 2 aliphatic heterocycles. The number of benzene rings is 2. The summed E-state index contributed by atoms with van der Waals surface area (Å²) in [7, 11) is 0. The van der Waals surface area contributed by atoms with E-state index < -0.39 is 0 Å². The number of para-hydroxylation sites is 2. The molecule has 2 amide bonds. The maximum absolute atomic E-state index is 13.5. The fourth-order valence-electron chi connectivity index (χ4n) is 3.63. The van der Waals surface area contributed by atoms with Crippen molar-refractivity contribution in [1.82, 2.24) is 0 Å². The first-order valence-electron chi connectivity index (χ1n) is 9.93. The zero-order chi connectivity index (χ0) is 21.2. The first kappa shape index (κ1) is 19.4. The van der Waals surface area contributed by atoms with Crippen molar-refractivity contribution in [1.29, 1.82) is 0 Å². The molecule has 2 aromatic carbocycles. The summed E-state index contributed by atoms with van der Waals surface area (Å²) >= 11 is 1.58. The average molecular weight is 436 g/mol. The van der Waals surface area contributed by atoms with Crippen LogP contribution in [0.1, 0.15) is 4.88 Å². The minimum absolute atomic E-state index is 0.0841. The lowest BCUT2D eigenvalue weighted by molar-refractivity contribution is -0.124. The van der Waals surface area contributed by atoms with Gasteiger partial charge < -0.3 is 19.1 Å². The van der Waals surface area contributed by atoms with Crippen molar-refractivity contribution >= 4 is 34.5 Å². The number of carbonyl (C=O) groups excluding carboxylic acids is 2. The third-order valence-electron chi connectivity index (χ3n) is 5.13. The van der Waals surface area contributed by atoms with Crippen LogP contribution in [0.15, 0.2) is 60.0 Å². The predicted octanol–water partition coefficient (Wildman–Crippen LogP) is 3.48. The van der Waals surface area contributed by atoms with Crippen LogP contribution in [0.2, 0.25) is 0 Å². The normalized spacial score (nSPS) is 14.6. The molecular weight excluding hydrogens is 416 g/mol. The minimum atomic E-state index is -0.245. The zero-order valence-corrected chi connectivity index (χ0v) is 17.5. The fourth-order valence-corrected chi connectivity index (χ4v) is 4.32. The Balaban J connectivity index is 1.45. The topological polar surface area (TPSA) is 68.3 Å². The van der Waals surface area contributed by atoms with Crippen LogP contribution in [-0.2, 0) is 16.1 Å². The lowest BCUT2D eigenvalue weighted by atomic mass is 10.2. The number of thiophene rings is 1. The van der Waals surface area contributed by atoms with E-state index in [1.54, 1.807) is 28.4 Å². The maximum Gasteiger partial charge on any atom is 0.265 e. The second-order valence-electron chi connectivity index (χ2n) is 7.12.